The van der Waals surface area contributed by atoms with Gasteiger partial charge in [0, 0.05) is 25.8 Å². The Bertz CT molecular complexity index is 567. The van der Waals surface area contributed by atoms with Gasteiger partial charge in [0.2, 0.25) is 0 Å². The van der Waals surface area contributed by atoms with E-state index in [9.17, 15) is 5.11 Å². The van der Waals surface area contributed by atoms with Crippen LogP contribution in [0.25, 0.3) is 0 Å². The lowest BCUT2D eigenvalue weighted by atomic mass is 10.1. The molecule has 4 nitrogen and oxygen atoms in total. The SMILES string of the molecule is COc1ccc(C(O)COc2cccc(N(C)C)c2)cc1. The van der Waals surface area contributed by atoms with Crippen LogP contribution in [0.5, 0.6) is 11.5 Å². The molecule has 0 aliphatic heterocycles. The second-order valence-corrected chi connectivity index (χ2v) is 4.99. The summed E-state index contributed by atoms with van der Waals surface area (Å²) in [5.74, 6) is 1.51. The molecule has 0 bridgehead atoms. The van der Waals surface area contributed by atoms with Gasteiger partial charge in [-0.3, -0.25) is 0 Å². The van der Waals surface area contributed by atoms with Crippen molar-refractivity contribution in [2.75, 3.05) is 32.7 Å². The second kappa shape index (κ2) is 6.99. The van der Waals surface area contributed by atoms with Crippen molar-refractivity contribution in [3.8, 4) is 11.5 Å². The first-order valence-corrected chi connectivity index (χ1v) is 6.82. The number of aliphatic hydroxyl groups excluding tert-OH is 1. The van der Waals surface area contributed by atoms with Gasteiger partial charge in [0.25, 0.3) is 0 Å². The van der Waals surface area contributed by atoms with Gasteiger partial charge in [-0.25, -0.2) is 0 Å². The molecule has 0 aliphatic rings. The molecule has 0 radical (unpaired) electrons. The summed E-state index contributed by atoms with van der Waals surface area (Å²) in [7, 11) is 5.57. The monoisotopic (exact) mass is 287 g/mol. The molecule has 2 rings (SSSR count). The smallest absolute Gasteiger partial charge is 0.121 e. The Morgan fingerprint density at radius 1 is 1.05 bits per heavy atom. The molecule has 0 aromatic heterocycles. The molecule has 2 aromatic rings. The van der Waals surface area contributed by atoms with Gasteiger partial charge in [-0.15, -0.1) is 0 Å². The first-order chi connectivity index (χ1) is 10.1. The predicted molar refractivity (Wildman–Crippen MR) is 84.2 cm³/mol. The van der Waals surface area contributed by atoms with E-state index in [2.05, 4.69) is 0 Å². The molecule has 0 amide bonds. The first-order valence-electron chi connectivity index (χ1n) is 6.82. The Kier molecular flexibility index (Phi) is 5.06. The van der Waals surface area contributed by atoms with Crippen molar-refractivity contribution < 1.29 is 14.6 Å². The van der Waals surface area contributed by atoms with E-state index in [4.69, 9.17) is 9.47 Å². The summed E-state index contributed by atoms with van der Waals surface area (Å²) in [6.45, 7) is 0.212. The summed E-state index contributed by atoms with van der Waals surface area (Å²) >= 11 is 0. The van der Waals surface area contributed by atoms with Gasteiger partial charge in [0.05, 0.1) is 7.11 Å². The van der Waals surface area contributed by atoms with Crippen LogP contribution in [0.3, 0.4) is 0 Å². The Hall–Kier alpha value is -2.20. The number of anilines is 1. The zero-order valence-electron chi connectivity index (χ0n) is 12.6. The van der Waals surface area contributed by atoms with E-state index in [1.807, 2.05) is 67.5 Å². The van der Waals surface area contributed by atoms with Crippen molar-refractivity contribution in [3.63, 3.8) is 0 Å². The zero-order valence-corrected chi connectivity index (χ0v) is 12.6. The highest BCUT2D eigenvalue weighted by molar-refractivity contribution is 5.49. The van der Waals surface area contributed by atoms with Crippen LogP contribution in [0.15, 0.2) is 48.5 Å². The van der Waals surface area contributed by atoms with Gasteiger partial charge in [0.1, 0.15) is 24.2 Å². The molecule has 4 heteroatoms. The minimum absolute atomic E-state index is 0.212. The third-order valence-corrected chi connectivity index (χ3v) is 3.24. The highest BCUT2D eigenvalue weighted by Gasteiger charge is 2.09. The van der Waals surface area contributed by atoms with Crippen LogP contribution in [0.1, 0.15) is 11.7 Å². The summed E-state index contributed by atoms with van der Waals surface area (Å²) in [6.07, 6.45) is -0.668. The number of nitrogens with zero attached hydrogens (tertiary/aromatic N) is 1. The molecule has 1 unspecified atom stereocenters. The maximum Gasteiger partial charge on any atom is 0.121 e. The number of methoxy groups -OCH3 is 1. The number of benzene rings is 2. The molecule has 0 fully saturated rings. The largest absolute Gasteiger partial charge is 0.497 e. The maximum absolute atomic E-state index is 10.1. The predicted octanol–water partition coefficient (Wildman–Crippen LogP) is 2.87. The fourth-order valence-corrected chi connectivity index (χ4v) is 1.95. The Balaban J connectivity index is 1.96. The van der Waals surface area contributed by atoms with Gasteiger partial charge in [0.15, 0.2) is 0 Å². The highest BCUT2D eigenvalue weighted by atomic mass is 16.5. The molecule has 0 saturated carbocycles. The lowest BCUT2D eigenvalue weighted by molar-refractivity contribution is 0.108. The highest BCUT2D eigenvalue weighted by Crippen LogP contribution is 2.22. The van der Waals surface area contributed by atoms with Crippen LogP contribution in [0.4, 0.5) is 5.69 Å². The van der Waals surface area contributed by atoms with E-state index in [0.29, 0.717) is 0 Å². The third kappa shape index (κ3) is 4.13. The third-order valence-electron chi connectivity index (χ3n) is 3.24. The van der Waals surface area contributed by atoms with Crippen molar-refractivity contribution in [1.82, 2.24) is 0 Å². The summed E-state index contributed by atoms with van der Waals surface area (Å²) in [6, 6.07) is 15.1. The van der Waals surface area contributed by atoms with Gasteiger partial charge in [-0.1, -0.05) is 18.2 Å². The van der Waals surface area contributed by atoms with E-state index >= 15 is 0 Å². The molecular formula is C17H21NO3. The normalized spacial score (nSPS) is 11.8. The van der Waals surface area contributed by atoms with Crippen LogP contribution in [0.2, 0.25) is 0 Å². The fraction of sp³-hybridized carbons (Fsp3) is 0.294. The lowest BCUT2D eigenvalue weighted by Gasteiger charge is -2.16. The molecule has 0 spiro atoms. The number of aliphatic hydroxyl groups is 1. The number of hydrogen-bond donors (Lipinski definition) is 1. The zero-order chi connectivity index (χ0) is 15.2. The maximum atomic E-state index is 10.1. The summed E-state index contributed by atoms with van der Waals surface area (Å²) in [5, 5.41) is 10.1. The van der Waals surface area contributed by atoms with Crippen LogP contribution >= 0.6 is 0 Å². The minimum atomic E-state index is -0.668. The van der Waals surface area contributed by atoms with Crippen LogP contribution in [-0.4, -0.2) is 32.9 Å². The molecule has 2 aromatic carbocycles. The van der Waals surface area contributed by atoms with E-state index in [1.54, 1.807) is 7.11 Å². The van der Waals surface area contributed by atoms with Crippen LogP contribution in [0, 0.1) is 0 Å². The molecule has 1 N–H and O–H groups in total. The average Bonchev–Trinajstić information content (AvgIpc) is 2.53. The van der Waals surface area contributed by atoms with Crippen LogP contribution < -0.4 is 14.4 Å². The van der Waals surface area contributed by atoms with Crippen molar-refractivity contribution in [2.45, 2.75) is 6.10 Å². The quantitative estimate of drug-likeness (QED) is 0.887. The average molecular weight is 287 g/mol. The molecule has 112 valence electrons. The minimum Gasteiger partial charge on any atom is -0.497 e. The lowest BCUT2D eigenvalue weighted by Crippen LogP contribution is -2.11. The Labute approximate surface area is 125 Å². The van der Waals surface area contributed by atoms with Gasteiger partial charge in [-0.05, 0) is 29.8 Å². The summed E-state index contributed by atoms with van der Waals surface area (Å²) in [5.41, 5.74) is 1.87. The van der Waals surface area contributed by atoms with E-state index in [0.717, 1.165) is 22.7 Å². The van der Waals surface area contributed by atoms with E-state index < -0.39 is 6.10 Å². The van der Waals surface area contributed by atoms with Crippen molar-refractivity contribution in [3.05, 3.63) is 54.1 Å². The molecule has 1 atom stereocenters. The number of ether oxygens (including phenoxy) is 2. The Morgan fingerprint density at radius 2 is 1.76 bits per heavy atom. The molecular weight excluding hydrogens is 266 g/mol. The van der Waals surface area contributed by atoms with Gasteiger partial charge < -0.3 is 19.5 Å². The van der Waals surface area contributed by atoms with Crippen LogP contribution in [-0.2, 0) is 0 Å². The standard InChI is InChI=1S/C17H21NO3/c1-18(2)14-5-4-6-16(11-14)21-12-17(19)13-7-9-15(20-3)10-8-13/h4-11,17,19H,12H2,1-3H3. The van der Waals surface area contributed by atoms with Crippen molar-refractivity contribution in [2.24, 2.45) is 0 Å². The summed E-state index contributed by atoms with van der Waals surface area (Å²) < 4.78 is 10.8. The number of rotatable bonds is 6. The Morgan fingerprint density at radius 3 is 2.38 bits per heavy atom. The van der Waals surface area contributed by atoms with E-state index in [1.165, 1.54) is 0 Å². The topological polar surface area (TPSA) is 41.9 Å². The van der Waals surface area contributed by atoms with E-state index in [-0.39, 0.29) is 6.61 Å². The van der Waals surface area contributed by atoms with Crippen molar-refractivity contribution in [1.29, 1.82) is 0 Å². The first kappa shape index (κ1) is 15.2. The molecule has 0 saturated heterocycles. The molecule has 0 heterocycles. The molecule has 0 aliphatic carbocycles. The second-order valence-electron chi connectivity index (χ2n) is 4.99. The van der Waals surface area contributed by atoms with Gasteiger partial charge >= 0.3 is 0 Å². The number of hydrogen-bond acceptors (Lipinski definition) is 4. The van der Waals surface area contributed by atoms with Gasteiger partial charge in [-0.2, -0.15) is 0 Å². The fourth-order valence-electron chi connectivity index (χ4n) is 1.95. The van der Waals surface area contributed by atoms with Crippen molar-refractivity contribution >= 4 is 5.69 Å². The summed E-state index contributed by atoms with van der Waals surface area (Å²) in [4.78, 5) is 2.01. The molecule has 21 heavy (non-hydrogen) atoms.